The first-order valence-electron chi connectivity index (χ1n) is 6.14. The zero-order valence-corrected chi connectivity index (χ0v) is 9.30. The van der Waals surface area contributed by atoms with Gasteiger partial charge in [0.25, 0.3) is 0 Å². The van der Waals surface area contributed by atoms with Gasteiger partial charge in [-0.3, -0.25) is 0 Å². The number of hydrogen-bond donors (Lipinski definition) is 1. The van der Waals surface area contributed by atoms with Crippen LogP contribution in [-0.2, 0) is 4.74 Å². The molecule has 14 heavy (non-hydrogen) atoms. The minimum atomic E-state index is 0.771. The second-order valence-corrected chi connectivity index (χ2v) is 4.90. The summed E-state index contributed by atoms with van der Waals surface area (Å²) in [4.78, 5) is 0. The van der Waals surface area contributed by atoms with E-state index in [1.165, 1.54) is 45.1 Å². The summed E-state index contributed by atoms with van der Waals surface area (Å²) >= 11 is 0. The second kappa shape index (κ2) is 5.13. The predicted octanol–water partition coefficient (Wildman–Crippen LogP) is 2.19. The van der Waals surface area contributed by atoms with Crippen molar-refractivity contribution >= 4 is 0 Å². The molecule has 0 radical (unpaired) electrons. The van der Waals surface area contributed by atoms with Crippen molar-refractivity contribution in [3.05, 3.63) is 0 Å². The normalized spacial score (nSPS) is 34.9. The summed E-state index contributed by atoms with van der Waals surface area (Å²) in [5, 5.41) is 3.60. The fourth-order valence-electron chi connectivity index (χ4n) is 3.02. The van der Waals surface area contributed by atoms with Crippen LogP contribution in [0.15, 0.2) is 0 Å². The van der Waals surface area contributed by atoms with E-state index in [4.69, 9.17) is 4.74 Å². The molecule has 0 aromatic heterocycles. The van der Waals surface area contributed by atoms with Gasteiger partial charge in [-0.25, -0.2) is 0 Å². The second-order valence-electron chi connectivity index (χ2n) is 4.90. The summed E-state index contributed by atoms with van der Waals surface area (Å²) in [6.45, 7) is 2.13. The van der Waals surface area contributed by atoms with Gasteiger partial charge in [0, 0.05) is 25.6 Å². The van der Waals surface area contributed by atoms with Gasteiger partial charge in [-0.15, -0.1) is 0 Å². The Morgan fingerprint density at radius 2 is 1.86 bits per heavy atom. The zero-order valence-electron chi connectivity index (χ0n) is 9.30. The van der Waals surface area contributed by atoms with Gasteiger partial charge < -0.3 is 10.1 Å². The fraction of sp³-hybridized carbons (Fsp3) is 1.00. The third-order valence-corrected chi connectivity index (χ3v) is 3.91. The van der Waals surface area contributed by atoms with Crippen LogP contribution in [0.4, 0.5) is 0 Å². The number of nitrogens with one attached hydrogen (secondary N) is 1. The first-order chi connectivity index (χ1) is 6.92. The fourth-order valence-corrected chi connectivity index (χ4v) is 3.02. The van der Waals surface area contributed by atoms with Gasteiger partial charge in [0.2, 0.25) is 0 Å². The lowest BCUT2D eigenvalue weighted by Crippen LogP contribution is -2.58. The topological polar surface area (TPSA) is 21.3 Å². The third kappa shape index (κ3) is 2.29. The van der Waals surface area contributed by atoms with Crippen molar-refractivity contribution in [1.82, 2.24) is 5.32 Å². The Hall–Kier alpha value is -0.0800. The van der Waals surface area contributed by atoms with Crippen molar-refractivity contribution in [1.29, 1.82) is 0 Å². The smallest absolute Gasteiger partial charge is 0.0517 e. The van der Waals surface area contributed by atoms with E-state index in [0.717, 1.165) is 24.5 Å². The van der Waals surface area contributed by atoms with Crippen LogP contribution in [0.3, 0.4) is 0 Å². The van der Waals surface area contributed by atoms with E-state index in [0.29, 0.717) is 0 Å². The van der Waals surface area contributed by atoms with Gasteiger partial charge in [-0.05, 0) is 18.8 Å². The first-order valence-corrected chi connectivity index (χ1v) is 6.14. The highest BCUT2D eigenvalue weighted by Gasteiger charge is 2.36. The Bertz CT molecular complexity index is 164. The summed E-state index contributed by atoms with van der Waals surface area (Å²) in [5.74, 6) is 1.73. The van der Waals surface area contributed by atoms with Crippen LogP contribution in [0.2, 0.25) is 0 Å². The van der Waals surface area contributed by atoms with E-state index in [1.54, 1.807) is 0 Å². The molecule has 0 bridgehead atoms. The molecular weight excluding hydrogens is 174 g/mol. The predicted molar refractivity (Wildman–Crippen MR) is 58.3 cm³/mol. The SMILES string of the molecule is COCC1CNC1C1CCCCCC1. The molecule has 0 amide bonds. The minimum Gasteiger partial charge on any atom is -0.384 e. The molecule has 2 nitrogen and oxygen atoms in total. The lowest BCUT2D eigenvalue weighted by molar-refractivity contribution is 0.0583. The molecule has 1 heterocycles. The van der Waals surface area contributed by atoms with Crippen molar-refractivity contribution in [3.63, 3.8) is 0 Å². The van der Waals surface area contributed by atoms with Crippen LogP contribution >= 0.6 is 0 Å². The highest BCUT2D eigenvalue weighted by molar-refractivity contribution is 4.93. The molecule has 2 rings (SSSR count). The van der Waals surface area contributed by atoms with Crippen molar-refractivity contribution < 1.29 is 4.74 Å². The lowest BCUT2D eigenvalue weighted by Gasteiger charge is -2.42. The monoisotopic (exact) mass is 197 g/mol. The maximum absolute atomic E-state index is 5.26. The average Bonchev–Trinajstić information content (AvgIpc) is 2.41. The number of methoxy groups -OCH3 is 1. The lowest BCUT2D eigenvalue weighted by atomic mass is 9.79. The van der Waals surface area contributed by atoms with Crippen LogP contribution in [0.1, 0.15) is 38.5 Å². The van der Waals surface area contributed by atoms with Crippen LogP contribution in [0, 0.1) is 11.8 Å². The Kier molecular flexibility index (Phi) is 3.82. The molecule has 0 aromatic rings. The van der Waals surface area contributed by atoms with Gasteiger partial charge in [0.15, 0.2) is 0 Å². The maximum atomic E-state index is 5.26. The van der Waals surface area contributed by atoms with E-state index in [9.17, 15) is 0 Å². The molecule has 2 unspecified atom stereocenters. The summed E-state index contributed by atoms with van der Waals surface area (Å²) in [7, 11) is 1.82. The van der Waals surface area contributed by atoms with Crippen LogP contribution < -0.4 is 5.32 Å². The van der Waals surface area contributed by atoms with Crippen LogP contribution in [-0.4, -0.2) is 26.3 Å². The van der Waals surface area contributed by atoms with Crippen molar-refractivity contribution in [2.45, 2.75) is 44.6 Å². The molecule has 0 aromatic carbocycles. The maximum Gasteiger partial charge on any atom is 0.0517 e. The Labute approximate surface area is 87.4 Å². The molecule has 2 atom stereocenters. The Morgan fingerprint density at radius 3 is 2.36 bits per heavy atom. The average molecular weight is 197 g/mol. The summed E-state index contributed by atoms with van der Waals surface area (Å²) in [5.41, 5.74) is 0. The van der Waals surface area contributed by atoms with Crippen molar-refractivity contribution in [3.8, 4) is 0 Å². The van der Waals surface area contributed by atoms with Crippen LogP contribution in [0.5, 0.6) is 0 Å². The standard InChI is InChI=1S/C12H23NO/c1-14-9-11-8-13-12(11)10-6-4-2-3-5-7-10/h10-13H,2-9H2,1H3. The highest BCUT2D eigenvalue weighted by Crippen LogP contribution is 2.32. The molecule has 2 heteroatoms. The summed E-state index contributed by atoms with van der Waals surface area (Å²) in [6.07, 6.45) is 8.69. The quantitative estimate of drug-likeness (QED) is 0.700. The molecule has 1 saturated carbocycles. The van der Waals surface area contributed by atoms with Crippen LogP contribution in [0.25, 0.3) is 0 Å². The molecule has 2 fully saturated rings. The largest absolute Gasteiger partial charge is 0.384 e. The van der Waals surface area contributed by atoms with Gasteiger partial charge in [0.1, 0.15) is 0 Å². The Morgan fingerprint density at radius 1 is 1.14 bits per heavy atom. The van der Waals surface area contributed by atoms with Gasteiger partial charge in [-0.1, -0.05) is 25.7 Å². The van der Waals surface area contributed by atoms with Gasteiger partial charge in [-0.2, -0.15) is 0 Å². The van der Waals surface area contributed by atoms with Gasteiger partial charge >= 0.3 is 0 Å². The van der Waals surface area contributed by atoms with Crippen molar-refractivity contribution in [2.75, 3.05) is 20.3 Å². The third-order valence-electron chi connectivity index (χ3n) is 3.91. The molecule has 82 valence electrons. The van der Waals surface area contributed by atoms with Crippen molar-refractivity contribution in [2.24, 2.45) is 11.8 Å². The molecule has 0 spiro atoms. The minimum absolute atomic E-state index is 0.771. The molecule has 1 N–H and O–H groups in total. The summed E-state index contributed by atoms with van der Waals surface area (Å²) < 4.78 is 5.26. The van der Waals surface area contributed by atoms with Gasteiger partial charge in [0.05, 0.1) is 6.61 Å². The molecule has 1 saturated heterocycles. The Balaban J connectivity index is 1.80. The molecule has 1 aliphatic carbocycles. The molecule has 2 aliphatic rings. The van der Waals surface area contributed by atoms with E-state index in [2.05, 4.69) is 5.32 Å². The number of ether oxygens (including phenoxy) is 1. The summed E-state index contributed by atoms with van der Waals surface area (Å²) in [6, 6.07) is 0.771. The van der Waals surface area contributed by atoms with E-state index in [-0.39, 0.29) is 0 Å². The highest BCUT2D eigenvalue weighted by atomic mass is 16.5. The zero-order chi connectivity index (χ0) is 9.80. The first kappa shape index (κ1) is 10.4. The molecule has 1 aliphatic heterocycles. The van der Waals surface area contributed by atoms with E-state index in [1.807, 2.05) is 7.11 Å². The number of rotatable bonds is 3. The van der Waals surface area contributed by atoms with E-state index < -0.39 is 0 Å². The number of hydrogen-bond acceptors (Lipinski definition) is 2. The van der Waals surface area contributed by atoms with E-state index >= 15 is 0 Å². The molecular formula is C12H23NO.